The van der Waals surface area contributed by atoms with Crippen LogP contribution in [0.15, 0.2) is 53.3 Å². The minimum Gasteiger partial charge on any atom is -0.320 e. The van der Waals surface area contributed by atoms with Crippen molar-refractivity contribution in [2.75, 3.05) is 5.32 Å². The van der Waals surface area contributed by atoms with E-state index in [0.29, 0.717) is 11.3 Å². The molecule has 3 aromatic rings. The van der Waals surface area contributed by atoms with Gasteiger partial charge in [0.2, 0.25) is 5.43 Å². The summed E-state index contributed by atoms with van der Waals surface area (Å²) in [4.78, 5) is 35.5. The molecule has 9 heteroatoms. The van der Waals surface area contributed by atoms with E-state index in [1.807, 2.05) is 0 Å². The number of nitrogens with one attached hydrogen (secondary N) is 1. The Balaban J connectivity index is 2.05. The Morgan fingerprint density at radius 3 is 2.57 bits per heavy atom. The van der Waals surface area contributed by atoms with Gasteiger partial charge in [0.1, 0.15) is 11.5 Å². The fourth-order valence-corrected chi connectivity index (χ4v) is 2.61. The van der Waals surface area contributed by atoms with Crippen LogP contribution < -0.4 is 10.7 Å². The molecule has 0 fully saturated rings. The highest BCUT2D eigenvalue weighted by atomic mass is 19.1. The molecule has 0 bridgehead atoms. The fourth-order valence-electron chi connectivity index (χ4n) is 2.61. The quantitative estimate of drug-likeness (QED) is 0.551. The van der Waals surface area contributed by atoms with Crippen molar-refractivity contribution in [3.63, 3.8) is 0 Å². The first-order chi connectivity index (χ1) is 13.3. The number of anilines is 1. The topological polar surface area (TPSA) is 107 Å². The number of carbonyl (C=O) groups is 1. The zero-order chi connectivity index (χ0) is 20.4. The van der Waals surface area contributed by atoms with Crippen molar-refractivity contribution >= 4 is 17.3 Å². The van der Waals surface area contributed by atoms with E-state index in [1.165, 1.54) is 30.3 Å². The van der Waals surface area contributed by atoms with Gasteiger partial charge in [-0.3, -0.25) is 19.7 Å². The molecule has 28 heavy (non-hydrogen) atoms. The summed E-state index contributed by atoms with van der Waals surface area (Å²) in [6.07, 6.45) is 0. The van der Waals surface area contributed by atoms with Crippen LogP contribution in [0.4, 0.5) is 15.8 Å². The molecule has 1 amide bonds. The lowest BCUT2D eigenvalue weighted by molar-refractivity contribution is -0.384. The molecular formula is C19H15FN4O4. The smallest absolute Gasteiger partial charge is 0.294 e. The van der Waals surface area contributed by atoms with Gasteiger partial charge in [-0.1, -0.05) is 18.2 Å². The van der Waals surface area contributed by atoms with Crippen LogP contribution in [0.2, 0.25) is 0 Å². The van der Waals surface area contributed by atoms with Gasteiger partial charge in [-0.2, -0.15) is 5.10 Å². The second-order valence-corrected chi connectivity index (χ2v) is 6.07. The molecule has 0 unspecified atom stereocenters. The predicted molar refractivity (Wildman–Crippen MR) is 100 cm³/mol. The summed E-state index contributed by atoms with van der Waals surface area (Å²) in [5.41, 5.74) is -0.356. The molecule has 0 radical (unpaired) electrons. The largest absolute Gasteiger partial charge is 0.320 e. The molecule has 0 saturated heterocycles. The number of carbonyl (C=O) groups excluding carboxylic acids is 1. The van der Waals surface area contributed by atoms with Crippen LogP contribution in [0.25, 0.3) is 5.69 Å². The van der Waals surface area contributed by atoms with Gasteiger partial charge >= 0.3 is 0 Å². The van der Waals surface area contributed by atoms with Crippen LogP contribution in [-0.2, 0) is 0 Å². The molecule has 1 heterocycles. The average Bonchev–Trinajstić information content (AvgIpc) is 2.64. The molecule has 1 aromatic heterocycles. The van der Waals surface area contributed by atoms with Crippen molar-refractivity contribution < 1.29 is 14.1 Å². The van der Waals surface area contributed by atoms with Crippen LogP contribution in [-0.4, -0.2) is 20.6 Å². The number of benzene rings is 2. The van der Waals surface area contributed by atoms with Gasteiger partial charge in [0.15, 0.2) is 5.69 Å². The summed E-state index contributed by atoms with van der Waals surface area (Å²) in [5.74, 6) is -1.35. The first-order valence-electron chi connectivity index (χ1n) is 8.20. The molecule has 2 aromatic carbocycles. The molecule has 0 atom stereocenters. The van der Waals surface area contributed by atoms with Crippen molar-refractivity contribution in [3.8, 4) is 5.69 Å². The van der Waals surface area contributed by atoms with Crippen molar-refractivity contribution in [1.82, 2.24) is 9.78 Å². The molecule has 0 aliphatic carbocycles. The number of aromatic nitrogens is 2. The highest BCUT2D eigenvalue weighted by molar-refractivity contribution is 6.02. The second kappa shape index (κ2) is 7.39. The van der Waals surface area contributed by atoms with Crippen LogP contribution in [0, 0.1) is 29.8 Å². The summed E-state index contributed by atoms with van der Waals surface area (Å²) in [6, 6.07) is 11.1. The molecule has 1 N–H and O–H groups in total. The summed E-state index contributed by atoms with van der Waals surface area (Å²) < 4.78 is 14.8. The van der Waals surface area contributed by atoms with Gasteiger partial charge in [-0.25, -0.2) is 9.07 Å². The van der Waals surface area contributed by atoms with Gasteiger partial charge in [0.05, 0.1) is 4.92 Å². The maximum absolute atomic E-state index is 13.7. The van der Waals surface area contributed by atoms with E-state index in [4.69, 9.17) is 0 Å². The zero-order valence-electron chi connectivity index (χ0n) is 15.0. The molecule has 8 nitrogen and oxygen atoms in total. The van der Waals surface area contributed by atoms with E-state index in [-0.39, 0.29) is 17.1 Å². The number of halogens is 1. The molecule has 0 aliphatic heterocycles. The van der Waals surface area contributed by atoms with Crippen molar-refractivity contribution in [2.24, 2.45) is 0 Å². The lowest BCUT2D eigenvalue weighted by atomic mass is 10.2. The number of aryl methyl sites for hydroxylation is 2. The number of nitrogens with zero attached hydrogens (tertiary/aromatic N) is 3. The third-order valence-electron chi connectivity index (χ3n) is 4.06. The van der Waals surface area contributed by atoms with Gasteiger partial charge in [-0.05, 0) is 37.6 Å². The number of hydrogen-bond acceptors (Lipinski definition) is 5. The standard InChI is InChI=1S/C19H15FN4O4/c1-11-7-8-13(10-14(11)20)21-19(26)18-17(25)9-12(2)23(22-18)15-5-3-4-6-16(15)24(27)28/h3-10H,1-2H3,(H,21,26). The third-order valence-corrected chi connectivity index (χ3v) is 4.06. The van der Waals surface area contributed by atoms with Crippen LogP contribution >= 0.6 is 0 Å². The molecule has 0 aliphatic rings. The summed E-state index contributed by atoms with van der Waals surface area (Å²) in [7, 11) is 0. The van der Waals surface area contributed by atoms with Crippen LogP contribution in [0.1, 0.15) is 21.7 Å². The van der Waals surface area contributed by atoms with Crippen molar-refractivity contribution in [3.05, 3.63) is 91.6 Å². The zero-order valence-corrected chi connectivity index (χ0v) is 15.0. The molecule has 3 rings (SSSR count). The molecule has 142 valence electrons. The highest BCUT2D eigenvalue weighted by Gasteiger charge is 2.20. The minimum atomic E-state index is -0.847. The fraction of sp³-hybridized carbons (Fsp3) is 0.105. The number of nitro groups is 1. The van der Waals surface area contributed by atoms with E-state index in [1.54, 1.807) is 19.9 Å². The van der Waals surface area contributed by atoms with Crippen LogP contribution in [0.5, 0.6) is 0 Å². The van der Waals surface area contributed by atoms with E-state index in [0.717, 1.165) is 16.8 Å². The molecular weight excluding hydrogens is 367 g/mol. The van der Waals surface area contributed by atoms with Gasteiger partial charge in [0, 0.05) is 23.5 Å². The van der Waals surface area contributed by atoms with Gasteiger partial charge < -0.3 is 5.32 Å². The van der Waals surface area contributed by atoms with E-state index >= 15 is 0 Å². The highest BCUT2D eigenvalue weighted by Crippen LogP contribution is 2.22. The Morgan fingerprint density at radius 1 is 1.18 bits per heavy atom. The molecule has 0 spiro atoms. The predicted octanol–water partition coefficient (Wildman–Crippen LogP) is 3.15. The van der Waals surface area contributed by atoms with Crippen molar-refractivity contribution in [1.29, 1.82) is 0 Å². The number of nitro benzene ring substituents is 1. The Morgan fingerprint density at radius 2 is 1.89 bits per heavy atom. The number of hydrogen-bond donors (Lipinski definition) is 1. The van der Waals surface area contributed by atoms with E-state index in [9.17, 15) is 24.1 Å². The minimum absolute atomic E-state index is 0.112. The number of amides is 1. The lowest BCUT2D eigenvalue weighted by Crippen LogP contribution is -2.27. The Kier molecular flexibility index (Phi) is 4.99. The summed E-state index contributed by atoms with van der Waals surface area (Å²) in [6.45, 7) is 3.12. The summed E-state index contributed by atoms with van der Waals surface area (Å²) in [5, 5.41) is 17.7. The maximum atomic E-state index is 13.7. The second-order valence-electron chi connectivity index (χ2n) is 6.07. The Hall–Kier alpha value is -3.88. The normalized spacial score (nSPS) is 10.5. The third kappa shape index (κ3) is 3.63. The monoisotopic (exact) mass is 382 g/mol. The summed E-state index contributed by atoms with van der Waals surface area (Å²) >= 11 is 0. The SMILES string of the molecule is Cc1ccc(NC(=O)c2nn(-c3ccccc3[N+](=O)[O-])c(C)cc2=O)cc1F. The van der Waals surface area contributed by atoms with Crippen LogP contribution in [0.3, 0.4) is 0 Å². The van der Waals surface area contributed by atoms with Gasteiger partial charge in [-0.15, -0.1) is 0 Å². The first kappa shape index (κ1) is 18.9. The van der Waals surface area contributed by atoms with Gasteiger partial charge in [0.25, 0.3) is 11.6 Å². The number of rotatable bonds is 4. The van der Waals surface area contributed by atoms with E-state index in [2.05, 4.69) is 10.4 Å². The first-order valence-corrected chi connectivity index (χ1v) is 8.20. The van der Waals surface area contributed by atoms with Crippen molar-refractivity contribution in [2.45, 2.75) is 13.8 Å². The lowest BCUT2D eigenvalue weighted by Gasteiger charge is -2.12. The Bertz CT molecular complexity index is 1160. The maximum Gasteiger partial charge on any atom is 0.294 e. The average molecular weight is 382 g/mol. The molecule has 0 saturated carbocycles. The van der Waals surface area contributed by atoms with E-state index < -0.39 is 27.8 Å². The number of para-hydroxylation sites is 2. The Labute approximate surface area is 158 Å².